The predicted molar refractivity (Wildman–Crippen MR) is 75.0 cm³/mol. The summed E-state index contributed by atoms with van der Waals surface area (Å²) in [6, 6.07) is 8.38. The molecule has 4 nitrogen and oxygen atoms in total. The lowest BCUT2D eigenvalue weighted by Crippen LogP contribution is -2.27. The summed E-state index contributed by atoms with van der Waals surface area (Å²) >= 11 is 0. The molecule has 1 amide bonds. The molecular weight excluding hydrogens is 238 g/mol. The maximum atomic E-state index is 12.0. The summed E-state index contributed by atoms with van der Waals surface area (Å²) in [5.74, 6) is 0.152. The molecular formula is C15H19N3O. The molecule has 1 N–H and O–H groups in total. The van der Waals surface area contributed by atoms with Crippen LogP contribution in [0.2, 0.25) is 0 Å². The number of carbonyl (C=O) groups is 1. The van der Waals surface area contributed by atoms with E-state index in [0.717, 1.165) is 30.6 Å². The quantitative estimate of drug-likeness (QED) is 0.788. The van der Waals surface area contributed by atoms with Crippen LogP contribution in [0.3, 0.4) is 0 Å². The van der Waals surface area contributed by atoms with Gasteiger partial charge in [-0.15, -0.1) is 0 Å². The van der Waals surface area contributed by atoms with Crippen molar-refractivity contribution in [3.8, 4) is 6.07 Å². The second-order valence-corrected chi connectivity index (χ2v) is 4.80. The van der Waals surface area contributed by atoms with Crippen LogP contribution in [0.15, 0.2) is 18.2 Å². The van der Waals surface area contributed by atoms with Crippen molar-refractivity contribution in [2.24, 2.45) is 0 Å². The number of benzene rings is 1. The molecule has 0 radical (unpaired) electrons. The number of rotatable bonds is 6. The molecule has 100 valence electrons. The minimum absolute atomic E-state index is 0.152. The monoisotopic (exact) mass is 257 g/mol. The molecule has 0 aliphatic carbocycles. The van der Waals surface area contributed by atoms with E-state index in [1.165, 1.54) is 5.56 Å². The van der Waals surface area contributed by atoms with Gasteiger partial charge in [-0.05, 0) is 43.6 Å². The fourth-order valence-electron chi connectivity index (χ4n) is 2.42. The smallest absolute Gasteiger partial charge is 0.231 e. The van der Waals surface area contributed by atoms with E-state index in [1.807, 2.05) is 18.0 Å². The van der Waals surface area contributed by atoms with Gasteiger partial charge in [0.15, 0.2) is 0 Å². The van der Waals surface area contributed by atoms with Crippen molar-refractivity contribution in [1.82, 2.24) is 5.32 Å². The molecule has 1 aliphatic rings. The van der Waals surface area contributed by atoms with Gasteiger partial charge in [0, 0.05) is 18.7 Å². The van der Waals surface area contributed by atoms with Crippen molar-refractivity contribution in [3.05, 3.63) is 29.3 Å². The van der Waals surface area contributed by atoms with E-state index in [2.05, 4.69) is 23.5 Å². The van der Waals surface area contributed by atoms with Crippen molar-refractivity contribution >= 4 is 11.6 Å². The summed E-state index contributed by atoms with van der Waals surface area (Å²) in [7, 11) is 1.94. The third-order valence-electron chi connectivity index (χ3n) is 3.41. The Morgan fingerprint density at radius 1 is 1.47 bits per heavy atom. The molecule has 0 aromatic heterocycles. The van der Waals surface area contributed by atoms with Gasteiger partial charge in [0.2, 0.25) is 5.91 Å². The van der Waals surface area contributed by atoms with Gasteiger partial charge >= 0.3 is 0 Å². The molecule has 0 saturated heterocycles. The summed E-state index contributed by atoms with van der Waals surface area (Å²) in [4.78, 5) is 13.8. The van der Waals surface area contributed by atoms with Gasteiger partial charge in [-0.2, -0.15) is 5.26 Å². The van der Waals surface area contributed by atoms with Gasteiger partial charge < -0.3 is 10.2 Å². The third kappa shape index (κ3) is 3.12. The van der Waals surface area contributed by atoms with Gasteiger partial charge in [0.25, 0.3) is 0 Å². The Morgan fingerprint density at radius 2 is 2.32 bits per heavy atom. The topological polar surface area (TPSA) is 56.1 Å². The average molecular weight is 257 g/mol. The first-order valence-electron chi connectivity index (χ1n) is 6.70. The highest BCUT2D eigenvalue weighted by Gasteiger charge is 2.26. The predicted octanol–water partition coefficient (Wildman–Crippen LogP) is 1.64. The molecule has 1 heterocycles. The molecule has 1 aliphatic heterocycles. The van der Waals surface area contributed by atoms with Gasteiger partial charge in [-0.1, -0.05) is 12.1 Å². The normalized spacial score (nSPS) is 13.5. The minimum Gasteiger partial charge on any atom is -0.319 e. The Bertz CT molecular complexity index is 505. The SMILES string of the molecule is CNCCc1ccc2c(c1)CC(=O)N2CCCC#N. The van der Waals surface area contributed by atoms with Crippen molar-refractivity contribution < 1.29 is 4.79 Å². The number of unbranched alkanes of at least 4 members (excludes halogenated alkanes) is 1. The molecule has 0 fully saturated rings. The Hall–Kier alpha value is -1.86. The van der Waals surface area contributed by atoms with Crippen LogP contribution in [0, 0.1) is 11.3 Å². The van der Waals surface area contributed by atoms with Crippen molar-refractivity contribution in [2.45, 2.75) is 25.7 Å². The van der Waals surface area contributed by atoms with E-state index in [-0.39, 0.29) is 5.91 Å². The number of hydrogen-bond donors (Lipinski definition) is 1. The van der Waals surface area contributed by atoms with E-state index in [4.69, 9.17) is 5.26 Å². The van der Waals surface area contributed by atoms with Crippen molar-refractivity contribution in [3.63, 3.8) is 0 Å². The Labute approximate surface area is 114 Å². The van der Waals surface area contributed by atoms with Crippen LogP contribution in [-0.4, -0.2) is 26.0 Å². The number of anilines is 1. The highest BCUT2D eigenvalue weighted by atomic mass is 16.2. The van der Waals surface area contributed by atoms with Crippen LogP contribution in [0.5, 0.6) is 0 Å². The first-order chi connectivity index (χ1) is 9.26. The van der Waals surface area contributed by atoms with Gasteiger partial charge in [0.05, 0.1) is 12.5 Å². The Morgan fingerprint density at radius 3 is 3.05 bits per heavy atom. The Balaban J connectivity index is 2.09. The molecule has 4 heteroatoms. The van der Waals surface area contributed by atoms with E-state index in [0.29, 0.717) is 19.4 Å². The Kier molecular flexibility index (Phi) is 4.53. The van der Waals surface area contributed by atoms with Crippen LogP contribution >= 0.6 is 0 Å². The van der Waals surface area contributed by atoms with Crippen molar-refractivity contribution in [2.75, 3.05) is 25.0 Å². The fourth-order valence-corrected chi connectivity index (χ4v) is 2.42. The second-order valence-electron chi connectivity index (χ2n) is 4.80. The molecule has 1 aromatic carbocycles. The summed E-state index contributed by atoms with van der Waals surface area (Å²) in [5, 5.41) is 11.7. The van der Waals surface area contributed by atoms with Crippen LogP contribution < -0.4 is 10.2 Å². The van der Waals surface area contributed by atoms with Gasteiger partial charge in [0.1, 0.15) is 0 Å². The number of nitrogens with zero attached hydrogens (tertiary/aromatic N) is 2. The highest BCUT2D eigenvalue weighted by Crippen LogP contribution is 2.30. The van der Waals surface area contributed by atoms with Gasteiger partial charge in [-0.25, -0.2) is 0 Å². The zero-order valence-electron chi connectivity index (χ0n) is 11.3. The molecule has 2 rings (SSSR count). The summed E-state index contributed by atoms with van der Waals surface area (Å²) in [6.07, 6.45) is 2.71. The zero-order chi connectivity index (χ0) is 13.7. The van der Waals surface area contributed by atoms with E-state index in [1.54, 1.807) is 0 Å². The largest absolute Gasteiger partial charge is 0.319 e. The summed E-state index contributed by atoms with van der Waals surface area (Å²) in [5.41, 5.74) is 3.41. The molecule has 0 unspecified atom stereocenters. The minimum atomic E-state index is 0.152. The lowest BCUT2D eigenvalue weighted by atomic mass is 10.1. The summed E-state index contributed by atoms with van der Waals surface area (Å²) in [6.45, 7) is 1.59. The van der Waals surface area contributed by atoms with E-state index < -0.39 is 0 Å². The molecule has 0 bridgehead atoms. The number of hydrogen-bond acceptors (Lipinski definition) is 3. The average Bonchev–Trinajstić information content (AvgIpc) is 2.72. The third-order valence-corrected chi connectivity index (χ3v) is 3.41. The number of nitrogens with one attached hydrogen (secondary N) is 1. The molecule has 1 aromatic rings. The standard InChI is InChI=1S/C15H19N3O/c1-17-8-6-12-4-5-14-13(10-12)11-15(19)18(14)9-3-2-7-16/h4-5,10,17H,2-3,6,8-9,11H2,1H3. The maximum Gasteiger partial charge on any atom is 0.231 e. The van der Waals surface area contributed by atoms with Crippen LogP contribution in [-0.2, 0) is 17.6 Å². The van der Waals surface area contributed by atoms with E-state index >= 15 is 0 Å². The molecule has 0 atom stereocenters. The number of likely N-dealkylation sites (N-methyl/N-ethyl adjacent to an activating group) is 1. The van der Waals surface area contributed by atoms with Gasteiger partial charge in [-0.3, -0.25) is 4.79 Å². The lowest BCUT2D eigenvalue weighted by Gasteiger charge is -2.16. The van der Waals surface area contributed by atoms with Crippen LogP contribution in [0.4, 0.5) is 5.69 Å². The lowest BCUT2D eigenvalue weighted by molar-refractivity contribution is -0.117. The van der Waals surface area contributed by atoms with Crippen LogP contribution in [0.25, 0.3) is 0 Å². The first kappa shape index (κ1) is 13.6. The molecule has 0 spiro atoms. The summed E-state index contributed by atoms with van der Waals surface area (Å²) < 4.78 is 0. The van der Waals surface area contributed by atoms with E-state index in [9.17, 15) is 4.79 Å². The van der Waals surface area contributed by atoms with Crippen molar-refractivity contribution in [1.29, 1.82) is 5.26 Å². The highest BCUT2D eigenvalue weighted by molar-refractivity contribution is 6.01. The zero-order valence-corrected chi connectivity index (χ0v) is 11.3. The number of nitriles is 1. The van der Waals surface area contributed by atoms with Crippen LogP contribution in [0.1, 0.15) is 24.0 Å². The molecule has 0 saturated carbocycles. The number of fused-ring (bicyclic) bond motifs is 1. The second kappa shape index (κ2) is 6.35. The number of amides is 1. The molecule has 19 heavy (non-hydrogen) atoms. The first-order valence-corrected chi connectivity index (χ1v) is 6.70. The number of carbonyl (C=O) groups excluding carboxylic acids is 1. The maximum absolute atomic E-state index is 12.0. The fraction of sp³-hybridized carbons (Fsp3) is 0.467.